The fraction of sp³-hybridized carbons (Fsp3) is 0.667. The Morgan fingerprint density at radius 3 is 1.94 bits per heavy atom. The molecule has 0 aliphatic heterocycles. The van der Waals surface area contributed by atoms with Crippen LogP contribution in [0.1, 0.15) is 6.42 Å². The molecule has 0 aromatic carbocycles. The Bertz CT molecular complexity index is 294. The molecule has 0 bridgehead atoms. The summed E-state index contributed by atoms with van der Waals surface area (Å²) in [7, 11) is 2.53. The number of carbonyl (C=O) groups is 2. The maximum atomic E-state index is 10.6. The largest absolute Gasteiger partial charge is 1.00 e. The van der Waals surface area contributed by atoms with Gasteiger partial charge in [-0.2, -0.15) is 0 Å². The molecule has 0 aromatic rings. The molecule has 1 atom stereocenters. The van der Waals surface area contributed by atoms with Gasteiger partial charge in [-0.1, -0.05) is 11.4 Å². The van der Waals surface area contributed by atoms with E-state index in [0.29, 0.717) is 11.4 Å². The minimum absolute atomic E-state index is 0. The molecular weight excluding hydrogens is 341 g/mol. The fourth-order valence-corrected chi connectivity index (χ4v) is 4.43. The molecular formula is C6H9K2O6PS2. The van der Waals surface area contributed by atoms with E-state index < -0.39 is 29.3 Å². The van der Waals surface area contributed by atoms with Crippen LogP contribution >= 0.6 is 17.1 Å². The predicted octanol–water partition coefficient (Wildman–Crippen LogP) is -7.50. The molecule has 0 amide bonds. The molecule has 0 fully saturated rings. The van der Waals surface area contributed by atoms with Crippen molar-refractivity contribution in [2.75, 3.05) is 14.2 Å². The predicted molar refractivity (Wildman–Crippen MR) is 54.3 cm³/mol. The molecule has 0 heterocycles. The van der Waals surface area contributed by atoms with Gasteiger partial charge in [-0.05, 0) is 11.8 Å². The number of aliphatic carboxylic acids is 2. The van der Waals surface area contributed by atoms with E-state index >= 15 is 0 Å². The van der Waals surface area contributed by atoms with E-state index in [2.05, 4.69) is 0 Å². The van der Waals surface area contributed by atoms with E-state index in [0.717, 1.165) is 0 Å². The Labute approximate surface area is 194 Å². The summed E-state index contributed by atoms with van der Waals surface area (Å²) in [6.07, 6.45) is -0.696. The van der Waals surface area contributed by atoms with E-state index in [4.69, 9.17) is 20.9 Å². The van der Waals surface area contributed by atoms with Gasteiger partial charge in [0.25, 0.3) is 0 Å². The van der Waals surface area contributed by atoms with E-state index in [1.165, 1.54) is 14.2 Å². The van der Waals surface area contributed by atoms with Crippen LogP contribution in [0.2, 0.25) is 0 Å². The summed E-state index contributed by atoms with van der Waals surface area (Å²) in [5, 5.41) is 19.5. The summed E-state index contributed by atoms with van der Waals surface area (Å²) < 4.78 is 9.62. The van der Waals surface area contributed by atoms with Crippen LogP contribution in [0.15, 0.2) is 0 Å². The van der Waals surface area contributed by atoms with Gasteiger partial charge < -0.3 is 28.8 Å². The molecule has 0 aliphatic carbocycles. The smallest absolute Gasteiger partial charge is 0.550 e. The van der Waals surface area contributed by atoms with Crippen LogP contribution < -0.4 is 113 Å². The van der Waals surface area contributed by atoms with Crippen molar-refractivity contribution >= 4 is 40.8 Å². The van der Waals surface area contributed by atoms with Crippen LogP contribution in [0.5, 0.6) is 0 Å². The van der Waals surface area contributed by atoms with Crippen molar-refractivity contribution in [1.29, 1.82) is 0 Å². The van der Waals surface area contributed by atoms with Gasteiger partial charge in [0.1, 0.15) is 0 Å². The second-order valence-electron chi connectivity index (χ2n) is 2.30. The van der Waals surface area contributed by atoms with Gasteiger partial charge in [0.05, 0.1) is 11.2 Å². The summed E-state index contributed by atoms with van der Waals surface area (Å²) in [5.41, 5.74) is -2.81. The van der Waals surface area contributed by atoms with Gasteiger partial charge in [-0.3, -0.25) is 0 Å². The minimum Gasteiger partial charge on any atom is -0.550 e. The van der Waals surface area contributed by atoms with Gasteiger partial charge in [0.2, 0.25) is 5.69 Å². The second-order valence-corrected chi connectivity index (χ2v) is 8.92. The van der Waals surface area contributed by atoms with Crippen LogP contribution in [0.3, 0.4) is 0 Å². The summed E-state index contributed by atoms with van der Waals surface area (Å²) >= 11 is 5.51. The van der Waals surface area contributed by atoms with Gasteiger partial charge in [-0.15, -0.1) is 0 Å². The molecule has 88 valence electrons. The van der Waals surface area contributed by atoms with E-state index in [1.807, 2.05) is 0 Å². The molecule has 0 rings (SSSR count). The monoisotopic (exact) mass is 350 g/mol. The van der Waals surface area contributed by atoms with Gasteiger partial charge >= 0.3 is 103 Å². The molecule has 0 aliphatic rings. The third-order valence-electron chi connectivity index (χ3n) is 1.32. The average Bonchev–Trinajstić information content (AvgIpc) is 2.16. The zero-order chi connectivity index (χ0) is 12.1. The number of rotatable bonds is 7. The van der Waals surface area contributed by atoms with Crippen molar-refractivity contribution in [1.82, 2.24) is 0 Å². The molecule has 0 N–H and O–H groups in total. The zero-order valence-electron chi connectivity index (χ0n) is 10.00. The summed E-state index contributed by atoms with van der Waals surface area (Å²) in [4.78, 5) is 20.8. The molecule has 6 nitrogen and oxygen atoms in total. The Kier molecular flexibility index (Phi) is 19.0. The van der Waals surface area contributed by atoms with Crippen LogP contribution in [0.25, 0.3) is 0 Å². The molecule has 0 saturated heterocycles. The van der Waals surface area contributed by atoms with Crippen molar-refractivity contribution in [3.63, 3.8) is 0 Å². The first-order chi connectivity index (χ1) is 6.84. The first-order valence-electron chi connectivity index (χ1n) is 3.65. The minimum atomic E-state index is -2.81. The van der Waals surface area contributed by atoms with Crippen LogP contribution in [0.4, 0.5) is 0 Å². The summed E-state index contributed by atoms with van der Waals surface area (Å²) in [6.45, 7) is 0. The van der Waals surface area contributed by atoms with Gasteiger partial charge in [0, 0.05) is 26.6 Å². The van der Waals surface area contributed by atoms with Crippen LogP contribution in [0, 0.1) is 0 Å². The van der Waals surface area contributed by atoms with E-state index in [1.54, 1.807) is 0 Å². The SMILES string of the molecule is COP(=S)(OC)SC(CC(=O)[O-])C(=O)[O-].[K+].[K+]. The third-order valence-corrected chi connectivity index (χ3v) is 7.19. The molecule has 0 saturated carbocycles. The van der Waals surface area contributed by atoms with Gasteiger partial charge in [-0.25, -0.2) is 0 Å². The number of carboxylic acid groups (broad SMARTS) is 2. The number of hydrogen-bond donors (Lipinski definition) is 0. The van der Waals surface area contributed by atoms with E-state index in [-0.39, 0.29) is 103 Å². The normalized spacial score (nSPS) is 11.9. The number of hydrogen-bond acceptors (Lipinski definition) is 8. The Morgan fingerprint density at radius 2 is 1.71 bits per heavy atom. The molecule has 1 unspecified atom stereocenters. The quantitative estimate of drug-likeness (QED) is 0.330. The summed E-state index contributed by atoms with van der Waals surface area (Å²) in [6, 6.07) is 0. The van der Waals surface area contributed by atoms with Crippen molar-refractivity contribution in [2.24, 2.45) is 0 Å². The van der Waals surface area contributed by atoms with Gasteiger partial charge in [0.15, 0.2) is 0 Å². The van der Waals surface area contributed by atoms with Crippen molar-refractivity contribution < 1.29 is 132 Å². The number of carbonyl (C=O) groups excluding carboxylic acids is 2. The Balaban J connectivity index is -0.000000980. The standard InChI is InChI=1S/C6H11O6PS2.2K/c1-11-13(14,12-2)15-4(6(9)10)3-5(7)8;;/h4H,3H2,1-2H3,(H,7,8)(H,9,10);;/q;2*+1/p-2. The zero-order valence-corrected chi connectivity index (χ0v) is 18.8. The van der Waals surface area contributed by atoms with Crippen molar-refractivity contribution in [2.45, 2.75) is 11.7 Å². The topological polar surface area (TPSA) is 98.7 Å². The fourth-order valence-electron chi connectivity index (χ4n) is 0.631. The van der Waals surface area contributed by atoms with Crippen molar-refractivity contribution in [3.05, 3.63) is 0 Å². The van der Waals surface area contributed by atoms with Crippen LogP contribution in [-0.2, 0) is 30.4 Å². The van der Waals surface area contributed by atoms with Crippen molar-refractivity contribution in [3.8, 4) is 0 Å². The molecule has 11 heteroatoms. The first kappa shape index (κ1) is 25.1. The molecule has 17 heavy (non-hydrogen) atoms. The Morgan fingerprint density at radius 1 is 1.29 bits per heavy atom. The Hall–Kier alpha value is 3.13. The summed E-state index contributed by atoms with van der Waals surface area (Å²) in [5.74, 6) is -3.03. The second kappa shape index (κ2) is 12.8. The molecule has 0 aromatic heterocycles. The maximum absolute atomic E-state index is 10.6. The first-order valence-corrected chi connectivity index (χ1v) is 7.77. The number of carboxylic acids is 2. The van der Waals surface area contributed by atoms with E-state index in [9.17, 15) is 19.8 Å². The maximum Gasteiger partial charge on any atom is 1.00 e. The molecule has 0 radical (unpaired) electrons. The molecule has 0 spiro atoms. The van der Waals surface area contributed by atoms with Crippen LogP contribution in [-0.4, -0.2) is 31.4 Å². The average molecular weight is 350 g/mol. The third kappa shape index (κ3) is 11.5.